The number of rotatable bonds is 5. The van der Waals surface area contributed by atoms with Gasteiger partial charge in [0.15, 0.2) is 0 Å². The molecule has 1 atom stereocenters. The minimum atomic E-state index is -4.52. The maximum atomic E-state index is 12.2. The summed E-state index contributed by atoms with van der Waals surface area (Å²) in [6.07, 6.45) is -1.28. The van der Waals surface area contributed by atoms with Gasteiger partial charge in [-0.3, -0.25) is 4.79 Å². The van der Waals surface area contributed by atoms with E-state index >= 15 is 0 Å². The molecular formula is C11H14ClF3N4O. The van der Waals surface area contributed by atoms with Crippen molar-refractivity contribution in [2.75, 3.05) is 11.9 Å². The molecule has 5 nitrogen and oxygen atoms in total. The highest BCUT2D eigenvalue weighted by molar-refractivity contribution is 6.32. The van der Waals surface area contributed by atoms with Crippen molar-refractivity contribution < 1.29 is 13.2 Å². The second kappa shape index (κ2) is 5.61. The molecular weight excluding hydrogens is 297 g/mol. The van der Waals surface area contributed by atoms with Crippen LogP contribution in [0.1, 0.15) is 12.8 Å². The molecule has 1 unspecified atom stereocenters. The first kappa shape index (κ1) is 15.1. The lowest BCUT2D eigenvalue weighted by atomic mass is 10.2. The fourth-order valence-corrected chi connectivity index (χ4v) is 2.00. The zero-order chi connectivity index (χ0) is 14.9. The largest absolute Gasteiger partial charge is 0.408 e. The third kappa shape index (κ3) is 3.86. The quantitative estimate of drug-likeness (QED) is 0.866. The van der Waals surface area contributed by atoms with Gasteiger partial charge < -0.3 is 11.1 Å². The molecule has 1 aromatic rings. The molecule has 1 aliphatic carbocycles. The van der Waals surface area contributed by atoms with E-state index in [1.54, 1.807) is 0 Å². The Balaban J connectivity index is 2.07. The Morgan fingerprint density at radius 3 is 2.75 bits per heavy atom. The first-order chi connectivity index (χ1) is 9.28. The topological polar surface area (TPSA) is 72.9 Å². The second-order valence-corrected chi connectivity index (χ2v) is 5.21. The molecule has 0 radical (unpaired) electrons. The Bertz CT molecular complexity index is 541. The summed E-state index contributed by atoms with van der Waals surface area (Å²) < 4.78 is 37.0. The van der Waals surface area contributed by atoms with Gasteiger partial charge in [0.05, 0.1) is 11.9 Å². The molecule has 0 spiro atoms. The van der Waals surface area contributed by atoms with Gasteiger partial charge in [-0.15, -0.1) is 0 Å². The number of nitrogens with two attached hydrogens (primary N) is 1. The summed E-state index contributed by atoms with van der Waals surface area (Å²) in [5, 5.41) is 6.00. The molecule has 1 aliphatic rings. The van der Waals surface area contributed by atoms with Gasteiger partial charge in [0, 0.05) is 12.6 Å². The van der Waals surface area contributed by atoms with Gasteiger partial charge >= 0.3 is 6.18 Å². The summed E-state index contributed by atoms with van der Waals surface area (Å²) in [5.41, 5.74) is 5.09. The van der Waals surface area contributed by atoms with E-state index in [9.17, 15) is 18.0 Å². The van der Waals surface area contributed by atoms with Crippen LogP contribution in [0.3, 0.4) is 0 Å². The number of nitrogens with one attached hydrogen (secondary N) is 1. The van der Waals surface area contributed by atoms with Crippen molar-refractivity contribution in [2.45, 2.75) is 31.6 Å². The van der Waals surface area contributed by atoms with Crippen LogP contribution in [0.4, 0.5) is 18.9 Å². The number of alkyl halides is 3. The summed E-state index contributed by atoms with van der Waals surface area (Å²) in [6, 6.07) is -0.0660. The van der Waals surface area contributed by atoms with Gasteiger partial charge in [0.1, 0.15) is 11.6 Å². The number of nitrogens with zero attached hydrogens (tertiary/aromatic N) is 2. The molecule has 0 aliphatic heterocycles. The van der Waals surface area contributed by atoms with Crippen LogP contribution in [-0.4, -0.2) is 28.5 Å². The molecule has 9 heteroatoms. The normalized spacial score (nSPS) is 17.1. The highest BCUT2D eigenvalue weighted by atomic mass is 35.5. The smallest absolute Gasteiger partial charge is 0.381 e. The van der Waals surface area contributed by atoms with Gasteiger partial charge in [0.2, 0.25) is 0 Å². The Labute approximate surface area is 117 Å². The van der Waals surface area contributed by atoms with E-state index in [4.69, 9.17) is 17.3 Å². The van der Waals surface area contributed by atoms with Crippen molar-refractivity contribution in [3.63, 3.8) is 0 Å². The van der Waals surface area contributed by atoms with E-state index < -0.39 is 18.3 Å². The molecule has 3 N–H and O–H groups in total. The maximum Gasteiger partial charge on any atom is 0.408 e. The van der Waals surface area contributed by atoms with Crippen molar-refractivity contribution in [1.29, 1.82) is 0 Å². The third-order valence-electron chi connectivity index (χ3n) is 3.07. The first-order valence-corrected chi connectivity index (χ1v) is 6.47. The lowest BCUT2D eigenvalue weighted by Crippen LogP contribution is -2.33. The molecule has 0 amide bonds. The summed E-state index contributed by atoms with van der Waals surface area (Å²) in [4.78, 5) is 11.7. The molecule has 1 heterocycles. The predicted molar refractivity (Wildman–Crippen MR) is 68.8 cm³/mol. The van der Waals surface area contributed by atoms with E-state index in [0.717, 1.165) is 19.0 Å². The Morgan fingerprint density at radius 2 is 2.20 bits per heavy atom. The van der Waals surface area contributed by atoms with E-state index in [1.165, 1.54) is 0 Å². The van der Waals surface area contributed by atoms with Gasteiger partial charge in [-0.1, -0.05) is 11.6 Å². The van der Waals surface area contributed by atoms with Crippen LogP contribution >= 0.6 is 11.6 Å². The minimum Gasteiger partial charge on any atom is -0.381 e. The van der Waals surface area contributed by atoms with Crippen LogP contribution in [0.2, 0.25) is 5.02 Å². The van der Waals surface area contributed by atoms with Crippen molar-refractivity contribution in [3.05, 3.63) is 21.6 Å². The average Bonchev–Trinajstić information content (AvgIpc) is 3.16. The lowest BCUT2D eigenvalue weighted by molar-refractivity contribution is -0.143. The van der Waals surface area contributed by atoms with Gasteiger partial charge in [-0.2, -0.15) is 18.3 Å². The molecule has 1 aromatic heterocycles. The summed E-state index contributed by atoms with van der Waals surface area (Å²) in [5.74, 6) is 0.458. The number of hydrogen-bond acceptors (Lipinski definition) is 4. The average molecular weight is 311 g/mol. The monoisotopic (exact) mass is 310 g/mol. The minimum absolute atomic E-state index is 0.0660. The summed E-state index contributed by atoms with van der Waals surface area (Å²) in [6.45, 7) is -1.07. The van der Waals surface area contributed by atoms with Gasteiger partial charge in [0.25, 0.3) is 5.56 Å². The van der Waals surface area contributed by atoms with E-state index in [-0.39, 0.29) is 21.4 Å². The third-order valence-corrected chi connectivity index (χ3v) is 3.43. The van der Waals surface area contributed by atoms with Crippen LogP contribution in [0.15, 0.2) is 11.0 Å². The predicted octanol–water partition coefficient (Wildman–Crippen LogP) is 1.61. The molecule has 1 fully saturated rings. The number of halogens is 4. The zero-order valence-corrected chi connectivity index (χ0v) is 11.2. The zero-order valence-electron chi connectivity index (χ0n) is 10.5. The van der Waals surface area contributed by atoms with Crippen molar-refractivity contribution in [1.82, 2.24) is 9.78 Å². The molecule has 112 valence electrons. The van der Waals surface area contributed by atoms with E-state index in [1.807, 2.05) is 0 Å². The Morgan fingerprint density at radius 1 is 1.55 bits per heavy atom. The molecule has 0 saturated heterocycles. The van der Waals surface area contributed by atoms with Crippen LogP contribution in [-0.2, 0) is 6.54 Å². The molecule has 0 bridgehead atoms. The number of hydrogen-bond donors (Lipinski definition) is 2. The highest BCUT2D eigenvalue weighted by Crippen LogP contribution is 2.31. The molecule has 20 heavy (non-hydrogen) atoms. The van der Waals surface area contributed by atoms with Crippen molar-refractivity contribution in [2.24, 2.45) is 11.7 Å². The van der Waals surface area contributed by atoms with E-state index in [0.29, 0.717) is 12.5 Å². The number of anilines is 1. The SMILES string of the molecule is NC(CNc1cnn(CC(F)(F)F)c(=O)c1Cl)C1CC1. The lowest BCUT2D eigenvalue weighted by Gasteiger charge is -2.14. The first-order valence-electron chi connectivity index (χ1n) is 6.10. The Hall–Kier alpha value is -1.28. The number of aromatic nitrogens is 2. The second-order valence-electron chi connectivity index (χ2n) is 4.83. The van der Waals surface area contributed by atoms with Crippen LogP contribution < -0.4 is 16.6 Å². The Kier molecular flexibility index (Phi) is 4.24. The fraction of sp³-hybridized carbons (Fsp3) is 0.636. The molecule has 0 aromatic carbocycles. The van der Waals surface area contributed by atoms with Crippen LogP contribution in [0.5, 0.6) is 0 Å². The molecule has 1 saturated carbocycles. The fourth-order valence-electron chi connectivity index (χ4n) is 1.79. The molecule has 2 rings (SSSR count). The van der Waals surface area contributed by atoms with Gasteiger partial charge in [-0.05, 0) is 18.8 Å². The summed E-state index contributed by atoms with van der Waals surface area (Å²) in [7, 11) is 0. The standard InChI is InChI=1S/C11H14ClF3N4O/c12-9-8(17-3-7(16)6-1-2-6)4-18-19(10(9)20)5-11(13,14)15/h4,6-7,17H,1-3,5,16H2. The van der Waals surface area contributed by atoms with E-state index in [2.05, 4.69) is 10.4 Å². The highest BCUT2D eigenvalue weighted by Gasteiger charge is 2.30. The van der Waals surface area contributed by atoms with Crippen LogP contribution in [0.25, 0.3) is 0 Å². The van der Waals surface area contributed by atoms with Crippen molar-refractivity contribution >= 4 is 17.3 Å². The summed E-state index contributed by atoms with van der Waals surface area (Å²) >= 11 is 5.76. The maximum absolute atomic E-state index is 12.2. The van der Waals surface area contributed by atoms with Crippen molar-refractivity contribution in [3.8, 4) is 0 Å². The van der Waals surface area contributed by atoms with Gasteiger partial charge in [-0.25, -0.2) is 4.68 Å². The van der Waals surface area contributed by atoms with Crippen LogP contribution in [0, 0.1) is 5.92 Å².